The third-order valence-electron chi connectivity index (χ3n) is 1.53. The van der Waals surface area contributed by atoms with Gasteiger partial charge in [-0.1, -0.05) is 0 Å². The SMILES string of the molecule is CNC(=O)CCNc1ncc(I)cn1. The molecule has 0 fully saturated rings. The Morgan fingerprint density at radius 1 is 1.50 bits per heavy atom. The van der Waals surface area contributed by atoms with Gasteiger partial charge in [-0.3, -0.25) is 4.79 Å². The van der Waals surface area contributed by atoms with E-state index < -0.39 is 0 Å². The number of aromatic nitrogens is 2. The predicted molar refractivity (Wildman–Crippen MR) is 61.9 cm³/mol. The first-order valence-electron chi connectivity index (χ1n) is 4.14. The molecular weight excluding hydrogens is 295 g/mol. The van der Waals surface area contributed by atoms with E-state index in [1.54, 1.807) is 19.4 Å². The molecule has 1 heterocycles. The van der Waals surface area contributed by atoms with E-state index in [1.165, 1.54) is 0 Å². The van der Waals surface area contributed by atoms with Crippen LogP contribution in [0.1, 0.15) is 6.42 Å². The van der Waals surface area contributed by atoms with Crippen molar-refractivity contribution in [2.45, 2.75) is 6.42 Å². The van der Waals surface area contributed by atoms with Gasteiger partial charge in [0.05, 0.1) is 0 Å². The molecule has 0 saturated carbocycles. The summed E-state index contributed by atoms with van der Waals surface area (Å²) in [7, 11) is 1.61. The molecule has 0 atom stereocenters. The Balaban J connectivity index is 2.31. The number of carbonyl (C=O) groups is 1. The average molecular weight is 306 g/mol. The minimum absolute atomic E-state index is 0.00279. The van der Waals surface area contributed by atoms with E-state index in [4.69, 9.17) is 0 Å². The zero-order valence-corrected chi connectivity index (χ0v) is 9.91. The van der Waals surface area contributed by atoms with Crippen molar-refractivity contribution < 1.29 is 4.79 Å². The third kappa shape index (κ3) is 3.86. The normalized spacial score (nSPS) is 9.57. The zero-order chi connectivity index (χ0) is 10.4. The van der Waals surface area contributed by atoms with E-state index in [1.807, 2.05) is 0 Å². The van der Waals surface area contributed by atoms with Crippen molar-refractivity contribution in [1.29, 1.82) is 0 Å². The summed E-state index contributed by atoms with van der Waals surface area (Å²) in [4.78, 5) is 18.9. The van der Waals surface area contributed by atoms with Crippen LogP contribution >= 0.6 is 22.6 Å². The van der Waals surface area contributed by atoms with Crippen molar-refractivity contribution in [2.75, 3.05) is 18.9 Å². The lowest BCUT2D eigenvalue weighted by Crippen LogP contribution is -2.21. The molecule has 0 bridgehead atoms. The Morgan fingerprint density at radius 2 is 2.14 bits per heavy atom. The van der Waals surface area contributed by atoms with Gasteiger partial charge in [0.1, 0.15) is 0 Å². The number of anilines is 1. The first kappa shape index (κ1) is 11.2. The Bertz CT molecular complexity index is 301. The first-order chi connectivity index (χ1) is 6.72. The fourth-order valence-electron chi connectivity index (χ4n) is 0.816. The summed E-state index contributed by atoms with van der Waals surface area (Å²) in [5.41, 5.74) is 0. The zero-order valence-electron chi connectivity index (χ0n) is 7.75. The second-order valence-electron chi connectivity index (χ2n) is 2.57. The van der Waals surface area contributed by atoms with Crippen LogP contribution in [0.15, 0.2) is 12.4 Å². The monoisotopic (exact) mass is 306 g/mol. The van der Waals surface area contributed by atoms with E-state index in [9.17, 15) is 4.79 Å². The fourth-order valence-corrected chi connectivity index (χ4v) is 1.09. The fraction of sp³-hybridized carbons (Fsp3) is 0.375. The lowest BCUT2D eigenvalue weighted by atomic mass is 10.4. The second-order valence-corrected chi connectivity index (χ2v) is 3.82. The number of hydrogen-bond acceptors (Lipinski definition) is 4. The van der Waals surface area contributed by atoms with Crippen LogP contribution < -0.4 is 10.6 Å². The van der Waals surface area contributed by atoms with E-state index in [0.29, 0.717) is 18.9 Å². The molecule has 0 aromatic carbocycles. The number of amides is 1. The molecule has 1 amide bonds. The highest BCUT2D eigenvalue weighted by atomic mass is 127. The van der Waals surface area contributed by atoms with Crippen LogP contribution in [0.5, 0.6) is 0 Å². The van der Waals surface area contributed by atoms with E-state index in [2.05, 4.69) is 43.2 Å². The van der Waals surface area contributed by atoms with E-state index in [0.717, 1.165) is 3.57 Å². The van der Waals surface area contributed by atoms with Gasteiger partial charge >= 0.3 is 0 Å². The van der Waals surface area contributed by atoms with Gasteiger partial charge in [0.25, 0.3) is 0 Å². The van der Waals surface area contributed by atoms with Crippen molar-refractivity contribution in [2.24, 2.45) is 0 Å². The van der Waals surface area contributed by atoms with Crippen LogP contribution in [0.2, 0.25) is 0 Å². The summed E-state index contributed by atoms with van der Waals surface area (Å²) in [6.45, 7) is 0.542. The van der Waals surface area contributed by atoms with Crippen LogP contribution in [0, 0.1) is 3.57 Å². The predicted octanol–water partition coefficient (Wildman–Crippen LogP) is 0.629. The molecule has 14 heavy (non-hydrogen) atoms. The molecule has 1 aromatic rings. The van der Waals surface area contributed by atoms with Crippen LogP contribution in [0.3, 0.4) is 0 Å². The molecule has 0 spiro atoms. The van der Waals surface area contributed by atoms with E-state index in [-0.39, 0.29) is 5.91 Å². The summed E-state index contributed by atoms with van der Waals surface area (Å²) in [5.74, 6) is 0.553. The molecule has 0 aliphatic rings. The number of rotatable bonds is 4. The number of carbonyl (C=O) groups excluding carboxylic acids is 1. The number of hydrogen-bond donors (Lipinski definition) is 2. The molecule has 1 rings (SSSR count). The smallest absolute Gasteiger partial charge is 0.222 e. The van der Waals surface area contributed by atoms with E-state index >= 15 is 0 Å². The Morgan fingerprint density at radius 3 is 2.71 bits per heavy atom. The van der Waals surface area contributed by atoms with Gasteiger partial charge in [0.2, 0.25) is 11.9 Å². The van der Waals surface area contributed by atoms with Crippen LogP contribution in [-0.2, 0) is 4.79 Å². The van der Waals surface area contributed by atoms with Crippen molar-refractivity contribution in [1.82, 2.24) is 15.3 Å². The lowest BCUT2D eigenvalue weighted by molar-refractivity contribution is -0.120. The standard InChI is InChI=1S/C8H11IN4O/c1-10-7(14)2-3-11-8-12-4-6(9)5-13-8/h4-5H,2-3H2,1H3,(H,10,14)(H,11,12,13). The van der Waals surface area contributed by atoms with Crippen LogP contribution in [-0.4, -0.2) is 29.5 Å². The molecule has 5 nitrogen and oxygen atoms in total. The summed E-state index contributed by atoms with van der Waals surface area (Å²) >= 11 is 2.13. The Kier molecular flexibility index (Phi) is 4.57. The highest BCUT2D eigenvalue weighted by molar-refractivity contribution is 14.1. The van der Waals surface area contributed by atoms with Crippen LogP contribution in [0.4, 0.5) is 5.95 Å². The Labute approximate surface area is 95.9 Å². The number of nitrogens with one attached hydrogen (secondary N) is 2. The van der Waals surface area contributed by atoms with Gasteiger partial charge in [-0.2, -0.15) is 0 Å². The maximum atomic E-state index is 10.9. The highest BCUT2D eigenvalue weighted by Gasteiger charge is 1.98. The van der Waals surface area contributed by atoms with Gasteiger partial charge < -0.3 is 10.6 Å². The molecule has 0 aliphatic heterocycles. The minimum atomic E-state index is 0.00279. The van der Waals surface area contributed by atoms with Crippen molar-refractivity contribution in [3.8, 4) is 0 Å². The molecule has 1 aromatic heterocycles. The van der Waals surface area contributed by atoms with Crippen LogP contribution in [0.25, 0.3) is 0 Å². The minimum Gasteiger partial charge on any atom is -0.359 e. The van der Waals surface area contributed by atoms with Gasteiger partial charge in [0.15, 0.2) is 0 Å². The molecule has 76 valence electrons. The summed E-state index contributed by atoms with van der Waals surface area (Å²) in [6.07, 6.45) is 3.86. The molecule has 0 aliphatic carbocycles. The molecule has 0 radical (unpaired) electrons. The van der Waals surface area contributed by atoms with Crippen molar-refractivity contribution in [3.63, 3.8) is 0 Å². The largest absolute Gasteiger partial charge is 0.359 e. The quantitative estimate of drug-likeness (QED) is 0.801. The number of halogens is 1. The molecule has 0 unspecified atom stereocenters. The van der Waals surface area contributed by atoms with Gasteiger partial charge in [-0.15, -0.1) is 0 Å². The maximum absolute atomic E-state index is 10.9. The topological polar surface area (TPSA) is 66.9 Å². The third-order valence-corrected chi connectivity index (χ3v) is 2.09. The summed E-state index contributed by atoms with van der Waals surface area (Å²) < 4.78 is 0.986. The Hall–Kier alpha value is -0.920. The van der Waals surface area contributed by atoms with Crippen molar-refractivity contribution in [3.05, 3.63) is 16.0 Å². The highest BCUT2D eigenvalue weighted by Crippen LogP contribution is 2.02. The molecule has 6 heteroatoms. The summed E-state index contributed by atoms with van der Waals surface area (Å²) in [6, 6.07) is 0. The van der Waals surface area contributed by atoms with Crippen molar-refractivity contribution >= 4 is 34.4 Å². The first-order valence-corrected chi connectivity index (χ1v) is 5.22. The summed E-state index contributed by atoms with van der Waals surface area (Å²) in [5, 5.41) is 5.49. The van der Waals surface area contributed by atoms with Gasteiger partial charge in [0, 0.05) is 36.0 Å². The molecule has 0 saturated heterocycles. The maximum Gasteiger partial charge on any atom is 0.222 e. The number of nitrogens with zero attached hydrogens (tertiary/aromatic N) is 2. The molecular formula is C8H11IN4O. The second kappa shape index (κ2) is 5.74. The molecule has 2 N–H and O–H groups in total. The average Bonchev–Trinajstić information content (AvgIpc) is 2.21. The van der Waals surface area contributed by atoms with Gasteiger partial charge in [-0.05, 0) is 22.6 Å². The van der Waals surface area contributed by atoms with Gasteiger partial charge in [-0.25, -0.2) is 9.97 Å². The lowest BCUT2D eigenvalue weighted by Gasteiger charge is -2.03.